The van der Waals surface area contributed by atoms with E-state index in [9.17, 15) is 0 Å². The smallest absolute Gasteiger partial charge is 0.0595 e. The Morgan fingerprint density at radius 2 is 1.95 bits per heavy atom. The molecule has 1 saturated carbocycles. The standard InChI is InChI=1S/C18H36N2O/c1-15(2)19-13-18(9-5-6-16(3)12-18)14-20-10-7-17(21-4)8-11-20/h15-17,19H,5-14H2,1-4H3. The summed E-state index contributed by atoms with van der Waals surface area (Å²) in [7, 11) is 1.86. The van der Waals surface area contributed by atoms with Crippen molar-refractivity contribution in [2.45, 2.75) is 71.4 Å². The Kier molecular flexibility index (Phi) is 6.51. The fourth-order valence-corrected chi connectivity index (χ4v) is 4.33. The van der Waals surface area contributed by atoms with E-state index in [-0.39, 0.29) is 0 Å². The molecule has 2 rings (SSSR count). The number of rotatable bonds is 6. The Morgan fingerprint density at radius 3 is 2.52 bits per heavy atom. The molecule has 1 aliphatic carbocycles. The molecule has 0 aromatic heterocycles. The van der Waals surface area contributed by atoms with Gasteiger partial charge in [0.05, 0.1) is 6.10 Å². The van der Waals surface area contributed by atoms with Crippen molar-refractivity contribution < 1.29 is 4.74 Å². The molecule has 0 radical (unpaired) electrons. The highest BCUT2D eigenvalue weighted by molar-refractivity contribution is 4.91. The summed E-state index contributed by atoms with van der Waals surface area (Å²) in [4.78, 5) is 2.70. The van der Waals surface area contributed by atoms with Gasteiger partial charge in [-0.1, -0.05) is 33.6 Å². The van der Waals surface area contributed by atoms with E-state index in [0.29, 0.717) is 17.6 Å². The van der Waals surface area contributed by atoms with Gasteiger partial charge >= 0.3 is 0 Å². The topological polar surface area (TPSA) is 24.5 Å². The Hall–Kier alpha value is -0.120. The van der Waals surface area contributed by atoms with Crippen molar-refractivity contribution in [2.24, 2.45) is 11.3 Å². The molecule has 1 N–H and O–H groups in total. The van der Waals surface area contributed by atoms with Crippen LogP contribution in [0.3, 0.4) is 0 Å². The number of methoxy groups -OCH3 is 1. The van der Waals surface area contributed by atoms with Crippen LogP contribution in [0.25, 0.3) is 0 Å². The molecule has 3 nitrogen and oxygen atoms in total. The second kappa shape index (κ2) is 7.94. The highest BCUT2D eigenvalue weighted by Crippen LogP contribution is 2.40. The number of nitrogens with zero attached hydrogens (tertiary/aromatic N) is 1. The highest BCUT2D eigenvalue weighted by Gasteiger charge is 2.37. The van der Waals surface area contributed by atoms with E-state index in [0.717, 1.165) is 5.92 Å². The van der Waals surface area contributed by atoms with Crippen molar-refractivity contribution in [3.63, 3.8) is 0 Å². The maximum Gasteiger partial charge on any atom is 0.0595 e. The van der Waals surface area contributed by atoms with Crippen molar-refractivity contribution >= 4 is 0 Å². The lowest BCUT2D eigenvalue weighted by molar-refractivity contribution is 0.0133. The van der Waals surface area contributed by atoms with E-state index in [1.807, 2.05) is 7.11 Å². The van der Waals surface area contributed by atoms with Crippen LogP contribution in [-0.4, -0.2) is 50.3 Å². The van der Waals surface area contributed by atoms with Gasteiger partial charge in [0.25, 0.3) is 0 Å². The largest absolute Gasteiger partial charge is 0.381 e. The third kappa shape index (κ3) is 5.22. The van der Waals surface area contributed by atoms with Gasteiger partial charge in [-0.25, -0.2) is 0 Å². The molecule has 0 bridgehead atoms. The average molecular weight is 296 g/mol. The molecular weight excluding hydrogens is 260 g/mol. The number of piperidine rings is 1. The predicted octanol–water partition coefficient (Wildman–Crippen LogP) is 3.29. The quantitative estimate of drug-likeness (QED) is 0.814. The molecule has 21 heavy (non-hydrogen) atoms. The minimum atomic E-state index is 0.497. The van der Waals surface area contributed by atoms with Gasteiger partial charge in [-0.15, -0.1) is 0 Å². The summed E-state index contributed by atoms with van der Waals surface area (Å²) < 4.78 is 5.51. The van der Waals surface area contributed by atoms with E-state index in [1.54, 1.807) is 0 Å². The van der Waals surface area contributed by atoms with E-state index in [4.69, 9.17) is 4.74 Å². The highest BCUT2D eigenvalue weighted by atomic mass is 16.5. The number of hydrogen-bond donors (Lipinski definition) is 1. The Morgan fingerprint density at radius 1 is 1.24 bits per heavy atom. The maximum absolute atomic E-state index is 5.51. The SMILES string of the molecule is COC1CCN(CC2(CNC(C)C)CCCC(C)C2)CC1. The van der Waals surface area contributed by atoms with Gasteiger partial charge in [-0.05, 0) is 37.0 Å². The molecule has 0 aromatic carbocycles. The van der Waals surface area contributed by atoms with Gasteiger partial charge < -0.3 is 15.0 Å². The van der Waals surface area contributed by atoms with Crippen molar-refractivity contribution in [1.82, 2.24) is 10.2 Å². The fraction of sp³-hybridized carbons (Fsp3) is 1.00. The van der Waals surface area contributed by atoms with Gasteiger partial charge in [-0.2, -0.15) is 0 Å². The summed E-state index contributed by atoms with van der Waals surface area (Å²) in [5.41, 5.74) is 0.502. The number of hydrogen-bond acceptors (Lipinski definition) is 3. The molecule has 1 heterocycles. The first-order valence-electron chi connectivity index (χ1n) is 9.01. The van der Waals surface area contributed by atoms with Crippen molar-refractivity contribution in [2.75, 3.05) is 33.3 Å². The number of ether oxygens (including phenoxy) is 1. The van der Waals surface area contributed by atoms with Gasteiger partial charge in [0, 0.05) is 39.3 Å². The minimum absolute atomic E-state index is 0.497. The molecule has 0 amide bonds. The first kappa shape index (κ1) is 17.2. The van der Waals surface area contributed by atoms with Crippen LogP contribution in [0.5, 0.6) is 0 Å². The van der Waals surface area contributed by atoms with Crippen LogP contribution < -0.4 is 5.32 Å². The molecule has 0 spiro atoms. The van der Waals surface area contributed by atoms with Crippen molar-refractivity contribution in [3.8, 4) is 0 Å². The lowest BCUT2D eigenvalue weighted by Gasteiger charge is -2.45. The summed E-state index contributed by atoms with van der Waals surface area (Å²) in [6, 6.07) is 0.596. The lowest BCUT2D eigenvalue weighted by atomic mass is 9.69. The van der Waals surface area contributed by atoms with E-state index in [2.05, 4.69) is 31.0 Å². The summed E-state index contributed by atoms with van der Waals surface area (Å²) >= 11 is 0. The molecule has 124 valence electrons. The first-order valence-corrected chi connectivity index (χ1v) is 9.01. The zero-order valence-electron chi connectivity index (χ0n) is 14.7. The Labute approximate surface area is 131 Å². The number of likely N-dealkylation sites (tertiary alicyclic amines) is 1. The van der Waals surface area contributed by atoms with Crippen LogP contribution >= 0.6 is 0 Å². The van der Waals surface area contributed by atoms with E-state index < -0.39 is 0 Å². The maximum atomic E-state index is 5.51. The van der Waals surface area contributed by atoms with Crippen LogP contribution in [0, 0.1) is 11.3 Å². The lowest BCUT2D eigenvalue weighted by Crippen LogP contribution is -2.50. The molecule has 2 atom stereocenters. The zero-order chi connectivity index (χ0) is 15.3. The summed E-state index contributed by atoms with van der Waals surface area (Å²) in [6.07, 6.45) is 8.55. The molecule has 2 fully saturated rings. The van der Waals surface area contributed by atoms with Crippen LogP contribution in [0.1, 0.15) is 59.3 Å². The van der Waals surface area contributed by atoms with Gasteiger partial charge in [0.15, 0.2) is 0 Å². The van der Waals surface area contributed by atoms with Crippen LogP contribution in [0.4, 0.5) is 0 Å². The minimum Gasteiger partial charge on any atom is -0.381 e. The Bertz CT molecular complexity index is 300. The predicted molar refractivity (Wildman–Crippen MR) is 89.7 cm³/mol. The molecule has 2 aliphatic rings. The summed E-state index contributed by atoms with van der Waals surface area (Å²) in [5.74, 6) is 0.893. The number of nitrogens with one attached hydrogen (secondary N) is 1. The van der Waals surface area contributed by atoms with Gasteiger partial charge in [0.2, 0.25) is 0 Å². The van der Waals surface area contributed by atoms with Gasteiger partial charge in [-0.3, -0.25) is 0 Å². The van der Waals surface area contributed by atoms with Gasteiger partial charge in [0.1, 0.15) is 0 Å². The third-order valence-electron chi connectivity index (χ3n) is 5.50. The van der Waals surface area contributed by atoms with Crippen molar-refractivity contribution in [1.29, 1.82) is 0 Å². The second-order valence-corrected chi connectivity index (χ2v) is 7.95. The summed E-state index contributed by atoms with van der Waals surface area (Å²) in [6.45, 7) is 11.9. The molecule has 1 aliphatic heterocycles. The second-order valence-electron chi connectivity index (χ2n) is 7.95. The van der Waals surface area contributed by atoms with E-state index in [1.165, 1.54) is 64.7 Å². The molecular formula is C18H36N2O. The molecule has 2 unspecified atom stereocenters. The molecule has 3 heteroatoms. The third-order valence-corrected chi connectivity index (χ3v) is 5.50. The van der Waals surface area contributed by atoms with Crippen LogP contribution in [-0.2, 0) is 4.74 Å². The first-order chi connectivity index (χ1) is 10.0. The van der Waals surface area contributed by atoms with E-state index >= 15 is 0 Å². The van der Waals surface area contributed by atoms with Crippen molar-refractivity contribution in [3.05, 3.63) is 0 Å². The summed E-state index contributed by atoms with van der Waals surface area (Å²) in [5, 5.41) is 3.73. The zero-order valence-corrected chi connectivity index (χ0v) is 14.7. The molecule has 0 aromatic rings. The monoisotopic (exact) mass is 296 g/mol. The van der Waals surface area contributed by atoms with Crippen LogP contribution in [0.15, 0.2) is 0 Å². The average Bonchev–Trinajstić information content (AvgIpc) is 2.46. The molecule has 1 saturated heterocycles. The normalized spacial score (nSPS) is 32.7. The fourth-order valence-electron chi connectivity index (χ4n) is 4.33. The Balaban J connectivity index is 1.92. The van der Waals surface area contributed by atoms with Crippen LogP contribution in [0.2, 0.25) is 0 Å².